The van der Waals surface area contributed by atoms with E-state index in [0.717, 1.165) is 4.57 Å². The van der Waals surface area contributed by atoms with E-state index in [0.29, 0.717) is 11.4 Å². The van der Waals surface area contributed by atoms with Gasteiger partial charge in [0.05, 0.1) is 0 Å². The lowest BCUT2D eigenvalue weighted by molar-refractivity contribution is 0.449. The SMILES string of the molecule is Cn1c(=O)c2[nH]c(Oc3ccc(N)cc3)nc2n(C)c1=O. The fourth-order valence-electron chi connectivity index (χ4n) is 2.00. The zero-order chi connectivity index (χ0) is 15.1. The molecule has 0 aliphatic rings. The molecule has 2 heterocycles. The zero-order valence-corrected chi connectivity index (χ0v) is 11.5. The first-order valence-electron chi connectivity index (χ1n) is 6.16. The highest BCUT2D eigenvalue weighted by atomic mass is 16.5. The molecule has 8 nitrogen and oxygen atoms in total. The Morgan fingerprint density at radius 1 is 1.14 bits per heavy atom. The van der Waals surface area contributed by atoms with Crippen molar-refractivity contribution in [2.75, 3.05) is 5.73 Å². The minimum absolute atomic E-state index is 0.132. The van der Waals surface area contributed by atoms with Crippen molar-refractivity contribution in [2.24, 2.45) is 14.1 Å². The van der Waals surface area contributed by atoms with E-state index < -0.39 is 11.2 Å². The quantitative estimate of drug-likeness (QED) is 0.660. The Morgan fingerprint density at radius 2 is 1.81 bits per heavy atom. The summed E-state index contributed by atoms with van der Waals surface area (Å²) in [6.07, 6.45) is 0. The summed E-state index contributed by atoms with van der Waals surface area (Å²) in [5.74, 6) is 0.519. The molecule has 21 heavy (non-hydrogen) atoms. The van der Waals surface area contributed by atoms with Gasteiger partial charge >= 0.3 is 11.7 Å². The van der Waals surface area contributed by atoms with Crippen LogP contribution in [0.3, 0.4) is 0 Å². The van der Waals surface area contributed by atoms with E-state index in [2.05, 4.69) is 9.97 Å². The molecule has 8 heteroatoms. The number of aryl methyl sites for hydroxylation is 1. The van der Waals surface area contributed by atoms with Crippen LogP contribution in [0.15, 0.2) is 33.9 Å². The summed E-state index contributed by atoms with van der Waals surface area (Å²) in [6, 6.07) is 6.87. The van der Waals surface area contributed by atoms with Gasteiger partial charge in [-0.05, 0) is 24.3 Å². The third kappa shape index (κ3) is 2.06. The number of nitrogens with one attached hydrogen (secondary N) is 1. The molecule has 3 N–H and O–H groups in total. The summed E-state index contributed by atoms with van der Waals surface area (Å²) in [5.41, 5.74) is 5.77. The predicted octanol–water partition coefficient (Wildman–Crippen LogP) is 0.335. The highest BCUT2D eigenvalue weighted by molar-refractivity contribution is 5.70. The molecule has 0 radical (unpaired) electrons. The molecule has 2 aromatic heterocycles. The fraction of sp³-hybridized carbons (Fsp3) is 0.154. The van der Waals surface area contributed by atoms with Crippen LogP contribution in [-0.2, 0) is 14.1 Å². The summed E-state index contributed by atoms with van der Waals surface area (Å²) in [7, 11) is 2.95. The minimum Gasteiger partial charge on any atom is -0.426 e. The van der Waals surface area contributed by atoms with E-state index in [9.17, 15) is 9.59 Å². The Morgan fingerprint density at radius 3 is 2.48 bits per heavy atom. The highest BCUT2D eigenvalue weighted by Gasteiger charge is 2.14. The topological polar surface area (TPSA) is 108 Å². The Hall–Kier alpha value is -3.03. The molecular weight excluding hydrogens is 274 g/mol. The lowest BCUT2D eigenvalue weighted by atomic mass is 10.3. The van der Waals surface area contributed by atoms with Gasteiger partial charge in [-0.25, -0.2) is 4.79 Å². The Kier molecular flexibility index (Phi) is 2.79. The smallest absolute Gasteiger partial charge is 0.332 e. The number of hydrogen-bond acceptors (Lipinski definition) is 5. The number of aromatic nitrogens is 4. The largest absolute Gasteiger partial charge is 0.426 e. The summed E-state index contributed by atoms with van der Waals surface area (Å²) in [6.45, 7) is 0. The molecule has 0 saturated carbocycles. The number of hydrogen-bond donors (Lipinski definition) is 2. The van der Waals surface area contributed by atoms with Crippen LogP contribution in [0, 0.1) is 0 Å². The number of H-pyrrole nitrogens is 1. The van der Waals surface area contributed by atoms with Crippen LogP contribution < -0.4 is 21.7 Å². The number of anilines is 1. The van der Waals surface area contributed by atoms with Crippen molar-refractivity contribution in [2.45, 2.75) is 0 Å². The third-order valence-electron chi connectivity index (χ3n) is 3.17. The van der Waals surface area contributed by atoms with Gasteiger partial charge in [0.15, 0.2) is 11.2 Å². The molecule has 0 unspecified atom stereocenters. The Labute approximate surface area is 118 Å². The molecule has 108 valence electrons. The van der Waals surface area contributed by atoms with Gasteiger partial charge in [-0.2, -0.15) is 4.98 Å². The van der Waals surface area contributed by atoms with Crippen molar-refractivity contribution >= 4 is 16.9 Å². The second-order valence-corrected chi connectivity index (χ2v) is 4.62. The number of imidazole rings is 1. The van der Waals surface area contributed by atoms with Crippen LogP contribution in [0.1, 0.15) is 0 Å². The monoisotopic (exact) mass is 287 g/mol. The average Bonchev–Trinajstić information content (AvgIpc) is 2.89. The van der Waals surface area contributed by atoms with Crippen LogP contribution in [0.4, 0.5) is 5.69 Å². The molecule has 0 atom stereocenters. The zero-order valence-electron chi connectivity index (χ0n) is 11.5. The van der Waals surface area contributed by atoms with E-state index in [-0.39, 0.29) is 17.2 Å². The van der Waals surface area contributed by atoms with E-state index in [1.165, 1.54) is 18.7 Å². The second-order valence-electron chi connectivity index (χ2n) is 4.62. The van der Waals surface area contributed by atoms with E-state index in [4.69, 9.17) is 10.5 Å². The number of nitrogens with two attached hydrogens (primary N) is 1. The third-order valence-corrected chi connectivity index (χ3v) is 3.17. The Bertz CT molecular complexity index is 933. The highest BCUT2D eigenvalue weighted by Crippen LogP contribution is 2.20. The van der Waals surface area contributed by atoms with Gasteiger partial charge in [0, 0.05) is 19.8 Å². The summed E-state index contributed by atoms with van der Waals surface area (Å²) in [4.78, 5) is 30.8. The van der Waals surface area contributed by atoms with Gasteiger partial charge in [0.25, 0.3) is 5.56 Å². The number of nitrogens with zero attached hydrogens (tertiary/aromatic N) is 3. The normalized spacial score (nSPS) is 11.0. The summed E-state index contributed by atoms with van der Waals surface area (Å²) in [5, 5.41) is 0. The lowest BCUT2D eigenvalue weighted by Crippen LogP contribution is -2.36. The molecule has 0 aliphatic heterocycles. The maximum absolute atomic E-state index is 12.0. The molecule has 0 bridgehead atoms. The molecule has 1 aromatic carbocycles. The van der Waals surface area contributed by atoms with Gasteiger partial charge in [-0.1, -0.05) is 0 Å². The van der Waals surface area contributed by atoms with Crippen molar-refractivity contribution in [1.29, 1.82) is 0 Å². The van der Waals surface area contributed by atoms with Crippen molar-refractivity contribution in [1.82, 2.24) is 19.1 Å². The number of nitrogen functional groups attached to an aromatic ring is 1. The molecule has 0 saturated heterocycles. The first kappa shape index (κ1) is 13.0. The predicted molar refractivity (Wildman–Crippen MR) is 77.5 cm³/mol. The molecule has 0 aliphatic carbocycles. The van der Waals surface area contributed by atoms with E-state index in [1.807, 2.05) is 0 Å². The molecule has 0 spiro atoms. The molecular formula is C13H13N5O3. The number of rotatable bonds is 2. The maximum atomic E-state index is 12.0. The first-order chi connectivity index (χ1) is 9.97. The van der Waals surface area contributed by atoms with Gasteiger partial charge in [-0.3, -0.25) is 13.9 Å². The van der Waals surface area contributed by atoms with Gasteiger partial charge in [0.1, 0.15) is 5.75 Å². The van der Waals surface area contributed by atoms with Gasteiger partial charge in [0.2, 0.25) is 0 Å². The van der Waals surface area contributed by atoms with Crippen LogP contribution in [0.2, 0.25) is 0 Å². The van der Waals surface area contributed by atoms with Crippen molar-refractivity contribution in [3.8, 4) is 11.8 Å². The van der Waals surface area contributed by atoms with E-state index >= 15 is 0 Å². The standard InChI is InChI=1S/C13H13N5O3/c1-17-10-9(11(19)18(2)13(17)20)15-12(16-10)21-8-5-3-7(14)4-6-8/h3-6H,14H2,1-2H3,(H,15,16). The number of fused-ring (bicyclic) bond motifs is 1. The second kappa shape index (κ2) is 4.51. The van der Waals surface area contributed by atoms with Crippen molar-refractivity contribution in [3.05, 3.63) is 45.1 Å². The van der Waals surface area contributed by atoms with Gasteiger partial charge in [-0.15, -0.1) is 0 Å². The fourth-order valence-corrected chi connectivity index (χ4v) is 2.00. The van der Waals surface area contributed by atoms with Crippen LogP contribution >= 0.6 is 0 Å². The van der Waals surface area contributed by atoms with Gasteiger partial charge < -0.3 is 15.5 Å². The van der Waals surface area contributed by atoms with E-state index in [1.54, 1.807) is 24.3 Å². The van der Waals surface area contributed by atoms with Crippen LogP contribution in [0.5, 0.6) is 11.8 Å². The number of aromatic amines is 1. The molecule has 3 aromatic rings. The van der Waals surface area contributed by atoms with Crippen molar-refractivity contribution < 1.29 is 4.74 Å². The average molecular weight is 287 g/mol. The number of benzene rings is 1. The number of ether oxygens (including phenoxy) is 1. The minimum atomic E-state index is -0.451. The van der Waals surface area contributed by atoms with Crippen LogP contribution in [0.25, 0.3) is 11.2 Å². The van der Waals surface area contributed by atoms with Crippen molar-refractivity contribution in [3.63, 3.8) is 0 Å². The molecule has 0 amide bonds. The first-order valence-corrected chi connectivity index (χ1v) is 6.16. The Balaban J connectivity index is 2.12. The molecule has 0 fully saturated rings. The maximum Gasteiger partial charge on any atom is 0.332 e. The molecule has 3 rings (SSSR count). The van der Waals surface area contributed by atoms with Crippen LogP contribution in [-0.4, -0.2) is 19.1 Å². The summed E-state index contributed by atoms with van der Waals surface area (Å²) >= 11 is 0. The lowest BCUT2D eigenvalue weighted by Gasteiger charge is -2.01. The summed E-state index contributed by atoms with van der Waals surface area (Å²) < 4.78 is 7.81.